The van der Waals surface area contributed by atoms with Gasteiger partial charge in [-0.2, -0.15) is 5.10 Å². The Balaban J connectivity index is 2.13. The summed E-state index contributed by atoms with van der Waals surface area (Å²) in [7, 11) is 0. The van der Waals surface area contributed by atoms with Crippen LogP contribution in [0, 0.1) is 10.1 Å². The monoisotopic (exact) mass is 301 g/mol. The van der Waals surface area contributed by atoms with E-state index in [1.807, 2.05) is 0 Å². The number of phenolic OH excluding ortho intramolecular Hbond substituents is 2. The number of rotatable bonds is 4. The topological polar surface area (TPSA) is 125 Å². The van der Waals surface area contributed by atoms with Gasteiger partial charge in [0.1, 0.15) is 11.5 Å². The van der Waals surface area contributed by atoms with Gasteiger partial charge in [-0.05, 0) is 18.2 Å². The molecule has 0 saturated carbocycles. The van der Waals surface area contributed by atoms with Gasteiger partial charge in [-0.25, -0.2) is 5.43 Å². The van der Waals surface area contributed by atoms with Crippen molar-refractivity contribution in [3.8, 4) is 11.5 Å². The molecule has 22 heavy (non-hydrogen) atoms. The molecule has 3 N–H and O–H groups in total. The number of hydrogen-bond acceptors (Lipinski definition) is 6. The zero-order valence-corrected chi connectivity index (χ0v) is 11.1. The summed E-state index contributed by atoms with van der Waals surface area (Å²) in [6.07, 6.45) is 1.13. The van der Waals surface area contributed by atoms with E-state index in [1.54, 1.807) is 6.07 Å². The fourth-order valence-corrected chi connectivity index (χ4v) is 1.70. The lowest BCUT2D eigenvalue weighted by atomic mass is 10.2. The second kappa shape index (κ2) is 6.35. The second-order valence-corrected chi connectivity index (χ2v) is 4.22. The number of nitro benzene ring substituents is 1. The van der Waals surface area contributed by atoms with E-state index < -0.39 is 16.6 Å². The molecule has 0 aliphatic heterocycles. The number of phenols is 2. The van der Waals surface area contributed by atoms with E-state index in [-0.39, 0.29) is 22.6 Å². The predicted molar refractivity (Wildman–Crippen MR) is 77.9 cm³/mol. The van der Waals surface area contributed by atoms with Gasteiger partial charge >= 0.3 is 0 Å². The number of carbonyl (C=O) groups excluding carboxylic acids is 1. The number of aromatic hydroxyl groups is 2. The SMILES string of the molecule is O=C(NN=Cc1ccccc1[N+](=O)[O-])c1ccc(O)cc1O. The van der Waals surface area contributed by atoms with Gasteiger partial charge in [0.05, 0.1) is 22.3 Å². The van der Waals surface area contributed by atoms with Crippen molar-refractivity contribution in [2.24, 2.45) is 5.10 Å². The zero-order valence-electron chi connectivity index (χ0n) is 11.1. The number of nitrogens with one attached hydrogen (secondary N) is 1. The van der Waals surface area contributed by atoms with Crippen molar-refractivity contribution in [3.05, 3.63) is 63.7 Å². The first kappa shape index (κ1) is 15.0. The third-order valence-electron chi connectivity index (χ3n) is 2.73. The van der Waals surface area contributed by atoms with Crippen molar-refractivity contribution in [1.82, 2.24) is 5.43 Å². The number of carbonyl (C=O) groups is 1. The quantitative estimate of drug-likeness (QED) is 0.451. The van der Waals surface area contributed by atoms with Crippen molar-refractivity contribution < 1.29 is 19.9 Å². The molecule has 0 spiro atoms. The number of nitrogens with zero attached hydrogens (tertiary/aromatic N) is 2. The predicted octanol–water partition coefficient (Wildman–Crippen LogP) is 1.77. The summed E-state index contributed by atoms with van der Waals surface area (Å²) in [5.41, 5.74) is 2.13. The Hall–Kier alpha value is -3.42. The van der Waals surface area contributed by atoms with E-state index in [4.69, 9.17) is 5.11 Å². The fraction of sp³-hybridized carbons (Fsp3) is 0. The summed E-state index contributed by atoms with van der Waals surface area (Å²) in [4.78, 5) is 22.0. The van der Waals surface area contributed by atoms with E-state index in [1.165, 1.54) is 30.3 Å². The smallest absolute Gasteiger partial charge is 0.278 e. The molecule has 0 radical (unpaired) electrons. The Morgan fingerprint density at radius 2 is 1.95 bits per heavy atom. The standard InChI is InChI=1S/C14H11N3O5/c18-10-5-6-11(13(19)7-10)14(20)16-15-8-9-3-1-2-4-12(9)17(21)22/h1-8,18-19H,(H,16,20). The van der Waals surface area contributed by atoms with Gasteiger partial charge in [0, 0.05) is 12.1 Å². The Morgan fingerprint density at radius 3 is 2.64 bits per heavy atom. The Kier molecular flexibility index (Phi) is 4.33. The highest BCUT2D eigenvalue weighted by atomic mass is 16.6. The van der Waals surface area contributed by atoms with Crippen LogP contribution < -0.4 is 5.43 Å². The van der Waals surface area contributed by atoms with Crippen molar-refractivity contribution in [1.29, 1.82) is 0 Å². The molecule has 0 heterocycles. The highest BCUT2D eigenvalue weighted by Gasteiger charge is 2.12. The van der Waals surface area contributed by atoms with Gasteiger partial charge < -0.3 is 10.2 Å². The molecule has 0 saturated heterocycles. The van der Waals surface area contributed by atoms with E-state index in [2.05, 4.69) is 10.5 Å². The van der Waals surface area contributed by atoms with Gasteiger partial charge in [-0.1, -0.05) is 12.1 Å². The summed E-state index contributed by atoms with van der Waals surface area (Å²) < 4.78 is 0. The molecule has 0 unspecified atom stereocenters. The van der Waals surface area contributed by atoms with Gasteiger partial charge in [-0.15, -0.1) is 0 Å². The highest BCUT2D eigenvalue weighted by molar-refractivity contribution is 5.97. The molecule has 0 bridgehead atoms. The summed E-state index contributed by atoms with van der Waals surface area (Å²) >= 11 is 0. The minimum atomic E-state index is -0.715. The molecule has 2 rings (SSSR count). The Labute approximate surface area is 124 Å². The van der Waals surface area contributed by atoms with E-state index in [0.29, 0.717) is 0 Å². The third-order valence-corrected chi connectivity index (χ3v) is 2.73. The van der Waals surface area contributed by atoms with Crippen molar-refractivity contribution >= 4 is 17.8 Å². The van der Waals surface area contributed by atoms with Crippen molar-refractivity contribution in [2.75, 3.05) is 0 Å². The van der Waals surface area contributed by atoms with Crippen molar-refractivity contribution in [3.63, 3.8) is 0 Å². The van der Waals surface area contributed by atoms with Gasteiger partial charge in [0.25, 0.3) is 11.6 Å². The molecule has 0 atom stereocenters. The second-order valence-electron chi connectivity index (χ2n) is 4.22. The molecule has 0 aliphatic carbocycles. The lowest BCUT2D eigenvalue weighted by molar-refractivity contribution is -0.385. The van der Waals surface area contributed by atoms with Crippen LogP contribution in [0.25, 0.3) is 0 Å². The van der Waals surface area contributed by atoms with E-state index in [9.17, 15) is 20.0 Å². The average Bonchev–Trinajstić information content (AvgIpc) is 2.47. The first-order valence-electron chi connectivity index (χ1n) is 6.08. The van der Waals surface area contributed by atoms with Crippen LogP contribution >= 0.6 is 0 Å². The lowest BCUT2D eigenvalue weighted by Gasteiger charge is -2.03. The Morgan fingerprint density at radius 1 is 1.23 bits per heavy atom. The molecule has 2 aromatic carbocycles. The molecule has 0 aliphatic rings. The van der Waals surface area contributed by atoms with Crippen LogP contribution in [-0.2, 0) is 0 Å². The number of benzene rings is 2. The zero-order chi connectivity index (χ0) is 16.1. The van der Waals surface area contributed by atoms with E-state index >= 15 is 0 Å². The summed E-state index contributed by atoms with van der Waals surface area (Å²) in [6.45, 7) is 0. The van der Waals surface area contributed by atoms with Gasteiger partial charge in [0.15, 0.2) is 0 Å². The normalized spacial score (nSPS) is 10.5. The van der Waals surface area contributed by atoms with Crippen LogP contribution in [0.1, 0.15) is 15.9 Å². The molecular weight excluding hydrogens is 290 g/mol. The molecule has 8 heteroatoms. The largest absolute Gasteiger partial charge is 0.508 e. The lowest BCUT2D eigenvalue weighted by Crippen LogP contribution is -2.17. The van der Waals surface area contributed by atoms with Crippen LogP contribution in [0.3, 0.4) is 0 Å². The number of hydrogen-bond donors (Lipinski definition) is 3. The Bertz CT molecular complexity index is 758. The number of para-hydroxylation sites is 1. The molecule has 112 valence electrons. The van der Waals surface area contributed by atoms with Gasteiger partial charge in [0.2, 0.25) is 0 Å². The summed E-state index contributed by atoms with van der Waals surface area (Å²) in [5, 5.41) is 33.1. The first-order chi connectivity index (χ1) is 10.5. The minimum absolute atomic E-state index is 0.0856. The number of nitro groups is 1. The van der Waals surface area contributed by atoms with Crippen LogP contribution in [-0.4, -0.2) is 27.3 Å². The first-order valence-corrected chi connectivity index (χ1v) is 6.08. The van der Waals surface area contributed by atoms with Crippen LogP contribution in [0.2, 0.25) is 0 Å². The number of amides is 1. The molecule has 1 amide bonds. The fourth-order valence-electron chi connectivity index (χ4n) is 1.70. The summed E-state index contributed by atoms with van der Waals surface area (Å²) in [6, 6.07) is 9.38. The molecule has 2 aromatic rings. The molecular formula is C14H11N3O5. The van der Waals surface area contributed by atoms with Crippen LogP contribution in [0.5, 0.6) is 11.5 Å². The van der Waals surface area contributed by atoms with Crippen LogP contribution in [0.15, 0.2) is 47.6 Å². The minimum Gasteiger partial charge on any atom is -0.508 e. The maximum atomic E-state index is 11.8. The summed E-state index contributed by atoms with van der Waals surface area (Å²) in [5.74, 6) is -1.30. The molecule has 0 aromatic heterocycles. The average molecular weight is 301 g/mol. The highest BCUT2D eigenvalue weighted by Crippen LogP contribution is 2.22. The van der Waals surface area contributed by atoms with Crippen LogP contribution in [0.4, 0.5) is 5.69 Å². The van der Waals surface area contributed by atoms with Crippen molar-refractivity contribution in [2.45, 2.75) is 0 Å². The third kappa shape index (κ3) is 3.37. The number of hydrazone groups is 1. The maximum Gasteiger partial charge on any atom is 0.278 e. The maximum absolute atomic E-state index is 11.8. The van der Waals surface area contributed by atoms with E-state index in [0.717, 1.165) is 12.3 Å². The van der Waals surface area contributed by atoms with Gasteiger partial charge in [-0.3, -0.25) is 14.9 Å². The molecule has 8 nitrogen and oxygen atoms in total. The molecule has 0 fully saturated rings.